The van der Waals surface area contributed by atoms with Gasteiger partial charge in [0.1, 0.15) is 0 Å². The summed E-state index contributed by atoms with van der Waals surface area (Å²) in [7, 11) is 0. The Morgan fingerprint density at radius 3 is 2.68 bits per heavy atom. The molecule has 2 aliphatic rings. The molecule has 6 rings (SSSR count). The van der Waals surface area contributed by atoms with Crippen molar-refractivity contribution in [3.05, 3.63) is 106 Å². The third-order valence-corrected chi connectivity index (χ3v) is 8.80. The molecule has 0 saturated carbocycles. The quantitative estimate of drug-likeness (QED) is 0.245. The molecule has 0 unspecified atom stereocenters. The zero-order chi connectivity index (χ0) is 28.4. The number of rotatable bonds is 6. The number of anilines is 1. The Morgan fingerprint density at radius 1 is 1.07 bits per heavy atom. The van der Waals surface area contributed by atoms with Gasteiger partial charge in [-0.1, -0.05) is 47.5 Å². The Balaban J connectivity index is 1.18. The van der Waals surface area contributed by atoms with E-state index in [9.17, 15) is 9.18 Å². The first-order valence-corrected chi connectivity index (χ1v) is 14.3. The van der Waals surface area contributed by atoms with Crippen LogP contribution in [0.15, 0.2) is 73.2 Å². The Morgan fingerprint density at radius 2 is 1.93 bits per heavy atom. The molecule has 7 nitrogen and oxygen atoms in total. The summed E-state index contributed by atoms with van der Waals surface area (Å²) < 4.78 is 13.5. The van der Waals surface area contributed by atoms with Gasteiger partial charge >= 0.3 is 6.03 Å². The van der Waals surface area contributed by atoms with Crippen LogP contribution in [0, 0.1) is 5.95 Å². The average Bonchev–Trinajstić information content (AvgIpc) is 3.62. The van der Waals surface area contributed by atoms with E-state index >= 15 is 0 Å². The maximum absolute atomic E-state index is 13.5. The molecule has 2 amide bonds. The second kappa shape index (κ2) is 11.6. The van der Waals surface area contributed by atoms with E-state index in [1.165, 1.54) is 17.8 Å². The molecule has 2 aromatic carbocycles. The van der Waals surface area contributed by atoms with Gasteiger partial charge in [0, 0.05) is 48.7 Å². The topological polar surface area (TPSA) is 77.2 Å². The number of benzene rings is 2. The molecule has 210 valence electrons. The number of hydrogen-bond acceptors (Lipinski definition) is 4. The van der Waals surface area contributed by atoms with Crippen LogP contribution >= 0.6 is 23.2 Å². The summed E-state index contributed by atoms with van der Waals surface area (Å²) in [5, 5.41) is 11.1. The number of aromatic amines is 1. The number of urea groups is 1. The summed E-state index contributed by atoms with van der Waals surface area (Å²) >= 11 is 12.2. The van der Waals surface area contributed by atoms with Crippen LogP contribution in [-0.4, -0.2) is 52.3 Å². The first-order chi connectivity index (χ1) is 19.9. The van der Waals surface area contributed by atoms with Crippen LogP contribution in [0.3, 0.4) is 0 Å². The molecule has 4 aromatic rings. The maximum Gasteiger partial charge on any atom is 0.322 e. The number of amides is 2. The molecular formula is C31H29Cl2FN6O. The van der Waals surface area contributed by atoms with Gasteiger partial charge < -0.3 is 5.32 Å². The van der Waals surface area contributed by atoms with Crippen molar-refractivity contribution in [3.8, 4) is 11.1 Å². The van der Waals surface area contributed by atoms with Gasteiger partial charge in [0.25, 0.3) is 0 Å². The molecule has 0 radical (unpaired) electrons. The second-order valence-corrected chi connectivity index (χ2v) is 11.4. The number of hydrogen-bond donors (Lipinski definition) is 2. The molecule has 0 bridgehead atoms. The van der Waals surface area contributed by atoms with Crippen LogP contribution in [0.2, 0.25) is 10.0 Å². The molecule has 4 heterocycles. The Labute approximate surface area is 248 Å². The minimum absolute atomic E-state index is 0.154. The highest BCUT2D eigenvalue weighted by Crippen LogP contribution is 2.48. The van der Waals surface area contributed by atoms with Crippen molar-refractivity contribution in [2.45, 2.75) is 24.8 Å². The van der Waals surface area contributed by atoms with E-state index in [2.05, 4.69) is 43.6 Å². The fraction of sp³-hybridized carbons (Fsp3) is 0.258. The first kappa shape index (κ1) is 27.4. The van der Waals surface area contributed by atoms with Crippen LogP contribution in [0.5, 0.6) is 0 Å². The van der Waals surface area contributed by atoms with Crippen molar-refractivity contribution >= 4 is 41.0 Å². The van der Waals surface area contributed by atoms with Crippen LogP contribution in [0.4, 0.5) is 14.9 Å². The van der Waals surface area contributed by atoms with E-state index in [1.54, 1.807) is 12.1 Å². The number of likely N-dealkylation sites (tertiary alicyclic amines) is 1. The van der Waals surface area contributed by atoms with E-state index in [0.717, 1.165) is 54.9 Å². The summed E-state index contributed by atoms with van der Waals surface area (Å²) in [5.41, 5.74) is 5.71. The standard InChI is InChI=1S/C31H29Cl2FN6O/c32-26-5-3-21(14-27(26)33)2-1-11-39-12-8-31(9-13-39)20-40(30(41)36-17-22-7-10-35-29(34)15-22)28-6-4-23(16-25(28)31)24-18-37-38-19-24/h1-7,10,14-16,18-19H,8-9,11-13,17,20H2,(H,36,41)(H,37,38)/b2-1+. The van der Waals surface area contributed by atoms with Crippen LogP contribution in [-0.2, 0) is 12.0 Å². The molecule has 1 saturated heterocycles. The number of nitrogens with zero attached hydrogens (tertiary/aromatic N) is 4. The SMILES string of the molecule is O=C(NCc1ccnc(F)c1)N1CC2(CCN(C/C=C/c3ccc(Cl)c(Cl)c3)CC2)c2cc(-c3cn[nH]c3)ccc21. The minimum Gasteiger partial charge on any atom is -0.334 e. The number of carbonyl (C=O) groups is 1. The first-order valence-electron chi connectivity index (χ1n) is 13.5. The zero-order valence-electron chi connectivity index (χ0n) is 22.3. The van der Waals surface area contributed by atoms with E-state index in [4.69, 9.17) is 23.2 Å². The monoisotopic (exact) mass is 590 g/mol. The van der Waals surface area contributed by atoms with Crippen molar-refractivity contribution in [1.29, 1.82) is 0 Å². The largest absolute Gasteiger partial charge is 0.334 e. The van der Waals surface area contributed by atoms with Crippen LogP contribution < -0.4 is 10.2 Å². The van der Waals surface area contributed by atoms with Crippen molar-refractivity contribution in [3.63, 3.8) is 0 Å². The fourth-order valence-electron chi connectivity index (χ4n) is 5.81. The average molecular weight is 592 g/mol. The molecule has 1 spiro atoms. The number of piperidine rings is 1. The van der Waals surface area contributed by atoms with Crippen molar-refractivity contribution in [1.82, 2.24) is 25.4 Å². The number of halogens is 3. The number of pyridine rings is 1. The molecule has 41 heavy (non-hydrogen) atoms. The smallest absolute Gasteiger partial charge is 0.322 e. The van der Waals surface area contributed by atoms with Gasteiger partial charge in [-0.3, -0.25) is 14.9 Å². The molecule has 1 fully saturated rings. The summed E-state index contributed by atoms with van der Waals surface area (Å²) in [5.74, 6) is -0.562. The van der Waals surface area contributed by atoms with Gasteiger partial charge in [0.2, 0.25) is 5.95 Å². The van der Waals surface area contributed by atoms with Gasteiger partial charge in [0.05, 0.1) is 16.2 Å². The molecule has 0 atom stereocenters. The third kappa shape index (κ3) is 5.86. The number of nitrogens with one attached hydrogen (secondary N) is 2. The third-order valence-electron chi connectivity index (χ3n) is 8.06. The summed E-state index contributed by atoms with van der Waals surface area (Å²) in [6, 6.07) is 14.7. The van der Waals surface area contributed by atoms with Crippen LogP contribution in [0.1, 0.15) is 29.5 Å². The predicted molar refractivity (Wildman–Crippen MR) is 161 cm³/mol. The number of aromatic nitrogens is 3. The highest BCUT2D eigenvalue weighted by molar-refractivity contribution is 6.42. The van der Waals surface area contributed by atoms with Crippen molar-refractivity contribution < 1.29 is 9.18 Å². The van der Waals surface area contributed by atoms with E-state index in [1.807, 2.05) is 41.6 Å². The lowest BCUT2D eigenvalue weighted by Gasteiger charge is -2.39. The fourth-order valence-corrected chi connectivity index (χ4v) is 6.12. The Hall–Kier alpha value is -3.72. The normalized spacial score (nSPS) is 16.4. The van der Waals surface area contributed by atoms with Gasteiger partial charge in [-0.25, -0.2) is 9.78 Å². The predicted octanol–water partition coefficient (Wildman–Crippen LogP) is 6.69. The molecule has 2 aromatic heterocycles. The van der Waals surface area contributed by atoms with Gasteiger partial charge in [-0.05, 0) is 84.6 Å². The van der Waals surface area contributed by atoms with Crippen LogP contribution in [0.25, 0.3) is 17.2 Å². The molecule has 0 aliphatic carbocycles. The van der Waals surface area contributed by atoms with Gasteiger partial charge in [-0.15, -0.1) is 0 Å². The summed E-state index contributed by atoms with van der Waals surface area (Å²) in [4.78, 5) is 21.3. The van der Waals surface area contributed by atoms with Gasteiger partial charge in [-0.2, -0.15) is 9.49 Å². The molecular weight excluding hydrogens is 562 g/mol. The zero-order valence-corrected chi connectivity index (χ0v) is 23.8. The van der Waals surface area contributed by atoms with E-state index in [0.29, 0.717) is 22.2 Å². The summed E-state index contributed by atoms with van der Waals surface area (Å²) in [6.45, 7) is 3.47. The lowest BCUT2D eigenvalue weighted by Crippen LogP contribution is -2.47. The molecule has 2 N–H and O–H groups in total. The van der Waals surface area contributed by atoms with Gasteiger partial charge in [0.15, 0.2) is 0 Å². The number of H-pyrrole nitrogens is 1. The lowest BCUT2D eigenvalue weighted by molar-refractivity contribution is 0.180. The highest BCUT2D eigenvalue weighted by atomic mass is 35.5. The van der Waals surface area contributed by atoms with Crippen molar-refractivity contribution in [2.75, 3.05) is 31.1 Å². The molecule has 2 aliphatic heterocycles. The molecule has 10 heteroatoms. The maximum atomic E-state index is 13.5. The Kier molecular flexibility index (Phi) is 7.79. The highest BCUT2D eigenvalue weighted by Gasteiger charge is 2.46. The lowest BCUT2D eigenvalue weighted by atomic mass is 9.74. The van der Waals surface area contributed by atoms with Crippen molar-refractivity contribution in [2.24, 2.45) is 0 Å². The number of carbonyl (C=O) groups excluding carboxylic acids is 1. The summed E-state index contributed by atoms with van der Waals surface area (Å²) in [6.07, 6.45) is 11.2. The number of fused-ring (bicyclic) bond motifs is 2. The second-order valence-electron chi connectivity index (χ2n) is 10.6. The minimum atomic E-state index is -0.562. The Bertz CT molecular complexity index is 1580. The van der Waals surface area contributed by atoms with E-state index < -0.39 is 5.95 Å². The van der Waals surface area contributed by atoms with E-state index in [-0.39, 0.29) is 18.0 Å².